The van der Waals surface area contributed by atoms with Crippen LogP contribution in [0, 0.1) is 12.7 Å². The van der Waals surface area contributed by atoms with Crippen LogP contribution in [0.4, 0.5) is 10.2 Å². The van der Waals surface area contributed by atoms with Crippen molar-refractivity contribution in [1.29, 1.82) is 0 Å². The predicted octanol–water partition coefficient (Wildman–Crippen LogP) is 1.36. The summed E-state index contributed by atoms with van der Waals surface area (Å²) in [4.78, 5) is 0. The van der Waals surface area contributed by atoms with Gasteiger partial charge in [0.2, 0.25) is 0 Å². The quantitative estimate of drug-likeness (QED) is 0.807. The highest BCUT2D eigenvalue weighted by atomic mass is 19.1. The van der Waals surface area contributed by atoms with Gasteiger partial charge in [0.05, 0.1) is 12.7 Å². The third kappa shape index (κ3) is 2.12. The molecule has 0 saturated carbocycles. The molecule has 15 heavy (non-hydrogen) atoms. The average Bonchev–Trinajstić information content (AvgIpc) is 2.56. The maximum absolute atomic E-state index is 12.8. The van der Waals surface area contributed by atoms with E-state index in [2.05, 4.69) is 10.3 Å². The van der Waals surface area contributed by atoms with E-state index in [-0.39, 0.29) is 5.82 Å². The third-order valence-electron chi connectivity index (χ3n) is 2.19. The van der Waals surface area contributed by atoms with Crippen LogP contribution in [0.25, 0.3) is 0 Å². The smallest absolute Gasteiger partial charge is 0.165 e. The van der Waals surface area contributed by atoms with Crippen molar-refractivity contribution in [3.05, 3.63) is 41.3 Å². The van der Waals surface area contributed by atoms with E-state index in [0.29, 0.717) is 12.4 Å². The Morgan fingerprint density at radius 2 is 2.27 bits per heavy atom. The molecule has 1 aromatic carbocycles. The summed E-state index contributed by atoms with van der Waals surface area (Å²) in [5.74, 6) is 0.157. The number of aromatic nitrogens is 3. The lowest BCUT2D eigenvalue weighted by atomic mass is 10.1. The van der Waals surface area contributed by atoms with Crippen molar-refractivity contribution in [3.8, 4) is 0 Å². The van der Waals surface area contributed by atoms with Crippen LogP contribution in [0.2, 0.25) is 0 Å². The second kappa shape index (κ2) is 3.68. The Balaban J connectivity index is 2.24. The van der Waals surface area contributed by atoms with Crippen molar-refractivity contribution in [1.82, 2.24) is 15.0 Å². The van der Waals surface area contributed by atoms with Gasteiger partial charge in [-0.15, -0.1) is 5.10 Å². The van der Waals surface area contributed by atoms with Crippen LogP contribution < -0.4 is 5.73 Å². The van der Waals surface area contributed by atoms with E-state index >= 15 is 0 Å². The van der Waals surface area contributed by atoms with Gasteiger partial charge in [0.15, 0.2) is 5.82 Å². The van der Waals surface area contributed by atoms with E-state index in [9.17, 15) is 4.39 Å². The Morgan fingerprint density at radius 1 is 1.47 bits per heavy atom. The maximum atomic E-state index is 12.8. The van der Waals surface area contributed by atoms with Crippen molar-refractivity contribution < 1.29 is 4.39 Å². The minimum absolute atomic E-state index is 0.227. The number of nitrogen functional groups attached to an aromatic ring is 1. The second-order valence-corrected chi connectivity index (χ2v) is 3.41. The van der Waals surface area contributed by atoms with Crippen LogP contribution in [-0.2, 0) is 6.54 Å². The van der Waals surface area contributed by atoms with Gasteiger partial charge in [0.25, 0.3) is 0 Å². The first kappa shape index (κ1) is 9.64. The molecule has 1 aromatic heterocycles. The maximum Gasteiger partial charge on any atom is 0.165 e. The van der Waals surface area contributed by atoms with Crippen molar-refractivity contribution in [2.75, 3.05) is 5.73 Å². The topological polar surface area (TPSA) is 56.7 Å². The highest BCUT2D eigenvalue weighted by Crippen LogP contribution is 2.11. The van der Waals surface area contributed by atoms with Gasteiger partial charge >= 0.3 is 0 Å². The molecule has 0 radical (unpaired) electrons. The fraction of sp³-hybridized carbons (Fsp3) is 0.200. The number of aryl methyl sites for hydroxylation is 1. The first-order valence-corrected chi connectivity index (χ1v) is 4.56. The number of halogens is 1. The molecule has 0 bridgehead atoms. The third-order valence-corrected chi connectivity index (χ3v) is 2.19. The van der Waals surface area contributed by atoms with E-state index in [0.717, 1.165) is 11.1 Å². The Labute approximate surface area is 86.5 Å². The first-order chi connectivity index (χ1) is 7.15. The lowest BCUT2D eigenvalue weighted by Crippen LogP contribution is -2.02. The van der Waals surface area contributed by atoms with Gasteiger partial charge in [-0.05, 0) is 30.2 Å². The molecule has 5 heteroatoms. The number of nitrogens with zero attached hydrogens (tertiary/aromatic N) is 3. The van der Waals surface area contributed by atoms with E-state index in [4.69, 9.17) is 5.73 Å². The zero-order valence-corrected chi connectivity index (χ0v) is 8.31. The molecular weight excluding hydrogens is 195 g/mol. The summed E-state index contributed by atoms with van der Waals surface area (Å²) in [6, 6.07) is 4.67. The SMILES string of the molecule is Cc1cc(F)ccc1Cn1cc(N)nn1. The molecule has 78 valence electrons. The Morgan fingerprint density at radius 3 is 2.87 bits per heavy atom. The summed E-state index contributed by atoms with van der Waals surface area (Å²) in [5, 5.41) is 7.50. The molecule has 0 fully saturated rings. The van der Waals surface area contributed by atoms with Crippen LogP contribution in [0.5, 0.6) is 0 Å². The molecule has 4 nitrogen and oxygen atoms in total. The summed E-state index contributed by atoms with van der Waals surface area (Å²) in [6.07, 6.45) is 1.64. The number of anilines is 1. The fourth-order valence-electron chi connectivity index (χ4n) is 1.40. The average molecular weight is 206 g/mol. The molecule has 0 aliphatic carbocycles. The van der Waals surface area contributed by atoms with Crippen molar-refractivity contribution >= 4 is 5.82 Å². The number of hydrogen-bond donors (Lipinski definition) is 1. The summed E-state index contributed by atoms with van der Waals surface area (Å²) < 4.78 is 14.5. The van der Waals surface area contributed by atoms with Crippen LogP contribution in [0.3, 0.4) is 0 Å². The summed E-state index contributed by atoms with van der Waals surface area (Å²) >= 11 is 0. The number of benzene rings is 1. The fourth-order valence-corrected chi connectivity index (χ4v) is 1.40. The molecule has 2 aromatic rings. The van der Waals surface area contributed by atoms with E-state index < -0.39 is 0 Å². The van der Waals surface area contributed by atoms with Crippen molar-refractivity contribution in [2.24, 2.45) is 0 Å². The van der Waals surface area contributed by atoms with Gasteiger partial charge in [-0.1, -0.05) is 11.3 Å². The van der Waals surface area contributed by atoms with Crippen LogP contribution >= 0.6 is 0 Å². The lowest BCUT2D eigenvalue weighted by molar-refractivity contribution is 0.619. The molecule has 0 aliphatic rings. The van der Waals surface area contributed by atoms with Gasteiger partial charge in [-0.2, -0.15) is 0 Å². The molecule has 0 saturated heterocycles. The van der Waals surface area contributed by atoms with Gasteiger partial charge in [-0.3, -0.25) is 0 Å². The highest BCUT2D eigenvalue weighted by Gasteiger charge is 2.02. The molecule has 0 amide bonds. The van der Waals surface area contributed by atoms with Gasteiger partial charge in [0, 0.05) is 0 Å². The number of nitrogens with two attached hydrogens (primary N) is 1. The number of hydrogen-bond acceptors (Lipinski definition) is 3. The minimum atomic E-state index is -0.227. The zero-order valence-electron chi connectivity index (χ0n) is 8.31. The van der Waals surface area contributed by atoms with Crippen molar-refractivity contribution in [3.63, 3.8) is 0 Å². The zero-order chi connectivity index (χ0) is 10.8. The second-order valence-electron chi connectivity index (χ2n) is 3.41. The monoisotopic (exact) mass is 206 g/mol. The Hall–Kier alpha value is -1.91. The molecule has 2 N–H and O–H groups in total. The van der Waals surface area contributed by atoms with Crippen LogP contribution in [-0.4, -0.2) is 15.0 Å². The van der Waals surface area contributed by atoms with E-state index in [1.807, 2.05) is 6.92 Å². The van der Waals surface area contributed by atoms with E-state index in [1.165, 1.54) is 12.1 Å². The Kier molecular flexibility index (Phi) is 2.37. The molecule has 0 unspecified atom stereocenters. The van der Waals surface area contributed by atoms with Crippen LogP contribution in [0.1, 0.15) is 11.1 Å². The van der Waals surface area contributed by atoms with Crippen LogP contribution in [0.15, 0.2) is 24.4 Å². The number of rotatable bonds is 2. The standard InChI is InChI=1S/C10H11FN4/c1-7-4-9(11)3-2-8(7)5-15-6-10(12)13-14-15/h2-4,6H,5,12H2,1H3. The lowest BCUT2D eigenvalue weighted by Gasteiger charge is -2.04. The molecular formula is C10H11FN4. The predicted molar refractivity (Wildman–Crippen MR) is 54.7 cm³/mol. The van der Waals surface area contributed by atoms with E-state index in [1.54, 1.807) is 16.9 Å². The molecule has 0 spiro atoms. The largest absolute Gasteiger partial charge is 0.381 e. The molecule has 0 atom stereocenters. The molecule has 1 heterocycles. The van der Waals surface area contributed by atoms with Gasteiger partial charge in [0.1, 0.15) is 5.82 Å². The van der Waals surface area contributed by atoms with Gasteiger partial charge in [-0.25, -0.2) is 9.07 Å². The molecule has 2 rings (SSSR count). The molecule has 0 aliphatic heterocycles. The normalized spacial score (nSPS) is 10.5. The minimum Gasteiger partial charge on any atom is -0.381 e. The van der Waals surface area contributed by atoms with Gasteiger partial charge < -0.3 is 5.73 Å². The Bertz CT molecular complexity index is 478. The summed E-state index contributed by atoms with van der Waals surface area (Å²) in [5.41, 5.74) is 7.33. The van der Waals surface area contributed by atoms with Crippen molar-refractivity contribution in [2.45, 2.75) is 13.5 Å². The first-order valence-electron chi connectivity index (χ1n) is 4.56. The highest BCUT2D eigenvalue weighted by molar-refractivity contribution is 5.27. The summed E-state index contributed by atoms with van der Waals surface area (Å²) in [7, 11) is 0. The summed E-state index contributed by atoms with van der Waals surface area (Å²) in [6.45, 7) is 2.41.